The number of para-hydroxylation sites is 1. The van der Waals surface area contributed by atoms with Crippen LogP contribution in [0.2, 0.25) is 0 Å². The van der Waals surface area contributed by atoms with Crippen LogP contribution < -0.4 is 10.6 Å². The molecule has 0 spiro atoms. The Morgan fingerprint density at radius 1 is 1.15 bits per heavy atom. The molecule has 0 unspecified atom stereocenters. The predicted octanol–water partition coefficient (Wildman–Crippen LogP) is 4.30. The van der Waals surface area contributed by atoms with Crippen LogP contribution in [0.5, 0.6) is 0 Å². The largest absolute Gasteiger partial charge is 0.352 e. The number of hydrogen-bond donors (Lipinski definition) is 2. The van der Waals surface area contributed by atoms with Crippen LogP contribution in [-0.2, 0) is 13.1 Å². The van der Waals surface area contributed by atoms with Crippen LogP contribution in [0.25, 0.3) is 10.9 Å². The van der Waals surface area contributed by atoms with Crippen molar-refractivity contribution in [3.63, 3.8) is 0 Å². The Labute approximate surface area is 175 Å². The molecule has 2 aromatic heterocycles. The smallest absolute Gasteiger partial charge is 0.191 e. The van der Waals surface area contributed by atoms with Crippen LogP contribution in [0.15, 0.2) is 46.9 Å². The Balaban J connectivity index is 0.00000243. The number of rotatable bonds is 5. The van der Waals surface area contributed by atoms with Gasteiger partial charge in [-0.05, 0) is 23.6 Å². The summed E-state index contributed by atoms with van der Waals surface area (Å²) in [6, 6.07) is 10.2. The van der Waals surface area contributed by atoms with Crippen LogP contribution in [-0.4, -0.2) is 23.0 Å². The van der Waals surface area contributed by atoms with E-state index >= 15 is 0 Å². The van der Waals surface area contributed by atoms with E-state index < -0.39 is 0 Å². The van der Waals surface area contributed by atoms with Gasteiger partial charge in [0, 0.05) is 30.6 Å². The van der Waals surface area contributed by atoms with E-state index in [9.17, 15) is 0 Å². The third-order valence-corrected chi connectivity index (χ3v) is 4.84. The van der Waals surface area contributed by atoms with E-state index in [1.807, 2.05) is 30.5 Å². The van der Waals surface area contributed by atoms with Gasteiger partial charge in [0.15, 0.2) is 5.96 Å². The molecule has 0 aliphatic carbocycles. The summed E-state index contributed by atoms with van der Waals surface area (Å²) in [5.74, 6) is 1.23. The molecule has 3 rings (SSSR count). The minimum Gasteiger partial charge on any atom is -0.352 e. The molecule has 0 saturated carbocycles. The maximum absolute atomic E-state index is 4.64. The molecule has 0 fully saturated rings. The van der Waals surface area contributed by atoms with E-state index in [1.165, 1.54) is 5.56 Å². The molecule has 0 radical (unpaired) electrons. The van der Waals surface area contributed by atoms with Gasteiger partial charge < -0.3 is 10.6 Å². The molecule has 2 N–H and O–H groups in total. The van der Waals surface area contributed by atoms with Crippen molar-refractivity contribution in [1.82, 2.24) is 20.6 Å². The first-order valence-corrected chi connectivity index (χ1v) is 9.26. The molecule has 26 heavy (non-hydrogen) atoms. The summed E-state index contributed by atoms with van der Waals surface area (Å²) in [7, 11) is 1.78. The molecule has 3 aromatic rings. The van der Waals surface area contributed by atoms with E-state index in [0.717, 1.165) is 27.6 Å². The lowest BCUT2D eigenvalue weighted by atomic mass is 10.1. The maximum Gasteiger partial charge on any atom is 0.191 e. The zero-order valence-corrected chi connectivity index (χ0v) is 18.3. The van der Waals surface area contributed by atoms with Crippen molar-refractivity contribution in [3.8, 4) is 0 Å². The van der Waals surface area contributed by atoms with Crippen LogP contribution in [0.3, 0.4) is 0 Å². The van der Waals surface area contributed by atoms with E-state index in [-0.39, 0.29) is 24.0 Å². The number of aromatic nitrogens is 2. The molecular formula is C19H24IN5S. The Morgan fingerprint density at radius 3 is 2.65 bits per heavy atom. The minimum absolute atomic E-state index is 0. The normalized spacial score (nSPS) is 11.5. The molecule has 0 aliphatic heterocycles. The number of pyridine rings is 1. The fraction of sp³-hybridized carbons (Fsp3) is 0.316. The number of fused-ring (bicyclic) bond motifs is 1. The van der Waals surface area contributed by atoms with Crippen LogP contribution in [0, 0.1) is 0 Å². The van der Waals surface area contributed by atoms with Crippen molar-refractivity contribution in [2.45, 2.75) is 32.9 Å². The van der Waals surface area contributed by atoms with Gasteiger partial charge in [-0.15, -0.1) is 35.3 Å². The highest BCUT2D eigenvalue weighted by atomic mass is 127. The van der Waals surface area contributed by atoms with Crippen LogP contribution >= 0.6 is 35.3 Å². The third-order valence-electron chi connectivity index (χ3n) is 3.98. The summed E-state index contributed by atoms with van der Waals surface area (Å²) >= 11 is 1.68. The van der Waals surface area contributed by atoms with Gasteiger partial charge in [0.25, 0.3) is 0 Å². The second-order valence-corrected chi connectivity index (χ2v) is 7.03. The molecule has 7 heteroatoms. The topological polar surface area (TPSA) is 62.2 Å². The van der Waals surface area contributed by atoms with Gasteiger partial charge in [0.1, 0.15) is 5.01 Å². The first-order chi connectivity index (χ1) is 12.2. The van der Waals surface area contributed by atoms with Crippen molar-refractivity contribution in [3.05, 3.63) is 58.2 Å². The molecule has 1 aromatic carbocycles. The van der Waals surface area contributed by atoms with Crippen molar-refractivity contribution < 1.29 is 0 Å². The van der Waals surface area contributed by atoms with Gasteiger partial charge >= 0.3 is 0 Å². The Kier molecular flexibility index (Phi) is 7.77. The van der Waals surface area contributed by atoms with Gasteiger partial charge in [-0.2, -0.15) is 0 Å². The van der Waals surface area contributed by atoms with E-state index in [1.54, 1.807) is 18.4 Å². The molecule has 2 heterocycles. The summed E-state index contributed by atoms with van der Waals surface area (Å²) in [6.45, 7) is 5.68. The van der Waals surface area contributed by atoms with Crippen molar-refractivity contribution >= 4 is 52.2 Å². The number of guanidine groups is 1. The number of nitrogens with zero attached hydrogens (tertiary/aromatic N) is 3. The third kappa shape index (κ3) is 5.14. The van der Waals surface area contributed by atoms with E-state index in [0.29, 0.717) is 19.0 Å². The summed E-state index contributed by atoms with van der Waals surface area (Å²) in [5, 5.41) is 11.1. The van der Waals surface area contributed by atoms with E-state index in [2.05, 4.69) is 50.9 Å². The molecule has 0 bridgehead atoms. The summed E-state index contributed by atoms with van der Waals surface area (Å²) < 4.78 is 0. The van der Waals surface area contributed by atoms with E-state index in [4.69, 9.17) is 0 Å². The lowest BCUT2D eigenvalue weighted by Gasteiger charge is -2.12. The minimum atomic E-state index is 0. The monoisotopic (exact) mass is 481 g/mol. The van der Waals surface area contributed by atoms with Crippen molar-refractivity contribution in [2.75, 3.05) is 7.05 Å². The number of thiazole rings is 1. The van der Waals surface area contributed by atoms with Crippen LogP contribution in [0.1, 0.15) is 36.0 Å². The Bertz CT molecular complexity index is 870. The highest BCUT2D eigenvalue weighted by Crippen LogP contribution is 2.18. The first kappa shape index (κ1) is 20.6. The standard InChI is InChI=1S/C19H23N5S.HI/c1-13(2)17-12-25-18(24-17)11-23-19(20-3)22-10-14-8-9-21-16-7-5-4-6-15(14)16;/h4-9,12-13H,10-11H2,1-3H3,(H2,20,22,23);1H. The fourth-order valence-corrected chi connectivity index (χ4v) is 3.43. The quantitative estimate of drug-likeness (QED) is 0.324. The predicted molar refractivity (Wildman–Crippen MR) is 120 cm³/mol. The van der Waals surface area contributed by atoms with Gasteiger partial charge in [0.2, 0.25) is 0 Å². The van der Waals surface area contributed by atoms with Crippen molar-refractivity contribution in [2.24, 2.45) is 4.99 Å². The molecule has 5 nitrogen and oxygen atoms in total. The van der Waals surface area contributed by atoms with Gasteiger partial charge in [-0.25, -0.2) is 4.98 Å². The molecule has 138 valence electrons. The SMILES string of the molecule is CN=C(NCc1nc(C(C)C)cs1)NCc1ccnc2ccccc12.I. The first-order valence-electron chi connectivity index (χ1n) is 8.39. The lowest BCUT2D eigenvalue weighted by molar-refractivity contribution is 0.786. The molecule has 0 aliphatic rings. The highest BCUT2D eigenvalue weighted by molar-refractivity contribution is 14.0. The highest BCUT2D eigenvalue weighted by Gasteiger charge is 2.07. The van der Waals surface area contributed by atoms with Crippen molar-refractivity contribution in [1.29, 1.82) is 0 Å². The number of aliphatic imine (C=N–C) groups is 1. The number of halogens is 1. The summed E-state index contributed by atoms with van der Waals surface area (Å²) in [5.41, 5.74) is 3.35. The maximum atomic E-state index is 4.64. The second-order valence-electron chi connectivity index (χ2n) is 6.09. The number of benzene rings is 1. The zero-order chi connectivity index (χ0) is 17.6. The fourth-order valence-electron chi connectivity index (χ4n) is 2.54. The molecule has 0 atom stereocenters. The van der Waals surface area contributed by atoms with Gasteiger partial charge in [0.05, 0.1) is 17.8 Å². The zero-order valence-electron chi connectivity index (χ0n) is 15.2. The van der Waals surface area contributed by atoms with Gasteiger partial charge in [-0.1, -0.05) is 32.0 Å². The Hall–Kier alpha value is -1.74. The number of nitrogens with one attached hydrogen (secondary N) is 2. The summed E-state index contributed by atoms with van der Waals surface area (Å²) in [4.78, 5) is 13.3. The Morgan fingerprint density at radius 2 is 1.92 bits per heavy atom. The molecular weight excluding hydrogens is 457 g/mol. The number of hydrogen-bond acceptors (Lipinski definition) is 4. The average Bonchev–Trinajstić information content (AvgIpc) is 3.11. The average molecular weight is 481 g/mol. The second kappa shape index (κ2) is 9.82. The molecule has 0 saturated heterocycles. The van der Waals surface area contributed by atoms with Gasteiger partial charge in [-0.3, -0.25) is 9.98 Å². The molecule has 0 amide bonds. The lowest BCUT2D eigenvalue weighted by Crippen LogP contribution is -2.36. The van der Waals surface area contributed by atoms with Crippen LogP contribution in [0.4, 0.5) is 0 Å². The summed E-state index contributed by atoms with van der Waals surface area (Å²) in [6.07, 6.45) is 1.85.